The average molecular weight is 397 g/mol. The van der Waals surface area contributed by atoms with Crippen LogP contribution in [0.1, 0.15) is 27.5 Å². The molecule has 1 fully saturated rings. The molecule has 0 saturated carbocycles. The van der Waals surface area contributed by atoms with E-state index in [1.807, 2.05) is 31.2 Å². The van der Waals surface area contributed by atoms with Crippen LogP contribution in [-0.4, -0.2) is 62.0 Å². The minimum Gasteiger partial charge on any atom is -0.493 e. The van der Waals surface area contributed by atoms with Crippen LogP contribution in [0.15, 0.2) is 42.5 Å². The maximum absolute atomic E-state index is 12.8. The zero-order chi connectivity index (χ0) is 21.0. The van der Waals surface area contributed by atoms with Crippen LogP contribution in [0, 0.1) is 6.92 Å². The SMILES string of the molecule is COc1ccc(C(=O)N2CCN(C(=O)C(N)c3ccc(C)cc3)CC2)cc1OC. The first-order chi connectivity index (χ1) is 13.9. The maximum atomic E-state index is 12.8. The lowest BCUT2D eigenvalue weighted by atomic mass is 10.0. The third kappa shape index (κ3) is 4.51. The van der Waals surface area contributed by atoms with Crippen molar-refractivity contribution in [3.8, 4) is 11.5 Å². The number of nitrogens with zero attached hydrogens (tertiary/aromatic N) is 2. The van der Waals surface area contributed by atoms with Crippen molar-refractivity contribution in [3.05, 3.63) is 59.2 Å². The van der Waals surface area contributed by atoms with Gasteiger partial charge in [-0.25, -0.2) is 0 Å². The fraction of sp³-hybridized carbons (Fsp3) is 0.364. The van der Waals surface area contributed by atoms with Gasteiger partial charge in [0.15, 0.2) is 11.5 Å². The van der Waals surface area contributed by atoms with E-state index < -0.39 is 6.04 Å². The molecule has 1 saturated heterocycles. The summed E-state index contributed by atoms with van der Waals surface area (Å²) in [6.45, 7) is 3.82. The van der Waals surface area contributed by atoms with Crippen molar-refractivity contribution in [2.75, 3.05) is 40.4 Å². The van der Waals surface area contributed by atoms with Crippen molar-refractivity contribution < 1.29 is 19.1 Å². The lowest BCUT2D eigenvalue weighted by Crippen LogP contribution is -2.52. The van der Waals surface area contributed by atoms with Gasteiger partial charge in [-0.2, -0.15) is 0 Å². The first kappa shape index (κ1) is 20.7. The molecule has 2 N–H and O–H groups in total. The number of methoxy groups -OCH3 is 2. The van der Waals surface area contributed by atoms with Crippen molar-refractivity contribution in [2.24, 2.45) is 5.73 Å². The van der Waals surface area contributed by atoms with Crippen LogP contribution >= 0.6 is 0 Å². The molecule has 1 aliphatic rings. The Morgan fingerprint density at radius 1 is 0.897 bits per heavy atom. The van der Waals surface area contributed by atoms with E-state index in [1.54, 1.807) is 35.1 Å². The quantitative estimate of drug-likeness (QED) is 0.834. The molecule has 154 valence electrons. The molecule has 0 aliphatic carbocycles. The summed E-state index contributed by atoms with van der Waals surface area (Å²) < 4.78 is 10.5. The molecule has 0 spiro atoms. The van der Waals surface area contributed by atoms with Crippen LogP contribution in [-0.2, 0) is 4.79 Å². The Hall–Kier alpha value is -3.06. The molecule has 7 nitrogen and oxygen atoms in total. The van der Waals surface area contributed by atoms with Crippen LogP contribution in [0.5, 0.6) is 11.5 Å². The smallest absolute Gasteiger partial charge is 0.254 e. The number of nitrogens with two attached hydrogens (primary N) is 1. The van der Waals surface area contributed by atoms with Crippen molar-refractivity contribution in [2.45, 2.75) is 13.0 Å². The highest BCUT2D eigenvalue weighted by Crippen LogP contribution is 2.28. The number of carbonyl (C=O) groups excluding carboxylic acids is 2. The Bertz CT molecular complexity index is 874. The molecule has 1 aliphatic heterocycles. The molecule has 7 heteroatoms. The Labute approximate surface area is 171 Å². The van der Waals surface area contributed by atoms with E-state index in [4.69, 9.17) is 15.2 Å². The molecule has 1 heterocycles. The van der Waals surface area contributed by atoms with E-state index in [2.05, 4.69) is 0 Å². The maximum Gasteiger partial charge on any atom is 0.254 e. The van der Waals surface area contributed by atoms with Gasteiger partial charge in [0.1, 0.15) is 6.04 Å². The van der Waals surface area contributed by atoms with Gasteiger partial charge in [0.25, 0.3) is 5.91 Å². The van der Waals surface area contributed by atoms with Gasteiger partial charge in [-0.15, -0.1) is 0 Å². The number of rotatable bonds is 5. The highest BCUT2D eigenvalue weighted by Gasteiger charge is 2.28. The Morgan fingerprint density at radius 3 is 2.07 bits per heavy atom. The second kappa shape index (κ2) is 8.96. The van der Waals surface area contributed by atoms with Gasteiger partial charge < -0.3 is 25.0 Å². The Balaban J connectivity index is 1.61. The molecule has 0 aromatic heterocycles. The summed E-state index contributed by atoms with van der Waals surface area (Å²) in [5.74, 6) is 0.869. The summed E-state index contributed by atoms with van der Waals surface area (Å²) in [7, 11) is 3.09. The van der Waals surface area contributed by atoms with E-state index in [0.717, 1.165) is 11.1 Å². The van der Waals surface area contributed by atoms with Gasteiger partial charge in [-0.3, -0.25) is 9.59 Å². The normalized spacial score (nSPS) is 15.0. The highest BCUT2D eigenvalue weighted by atomic mass is 16.5. The lowest BCUT2D eigenvalue weighted by molar-refractivity contribution is -0.134. The summed E-state index contributed by atoms with van der Waals surface area (Å²) in [4.78, 5) is 29.0. The minimum atomic E-state index is -0.691. The van der Waals surface area contributed by atoms with Gasteiger partial charge >= 0.3 is 0 Å². The van der Waals surface area contributed by atoms with Crippen molar-refractivity contribution in [1.82, 2.24) is 9.80 Å². The van der Waals surface area contributed by atoms with Crippen LogP contribution in [0.2, 0.25) is 0 Å². The summed E-state index contributed by atoms with van der Waals surface area (Å²) in [5.41, 5.74) is 8.61. The number of piperazine rings is 1. The second-order valence-electron chi connectivity index (χ2n) is 7.08. The Kier molecular flexibility index (Phi) is 6.39. The molecule has 2 amide bonds. The predicted octanol–water partition coefficient (Wildman–Crippen LogP) is 2.00. The van der Waals surface area contributed by atoms with E-state index >= 15 is 0 Å². The molecule has 3 rings (SSSR count). The predicted molar refractivity (Wildman–Crippen MR) is 110 cm³/mol. The number of carbonyl (C=O) groups is 2. The van der Waals surface area contributed by atoms with Crippen LogP contribution in [0.3, 0.4) is 0 Å². The van der Waals surface area contributed by atoms with Crippen LogP contribution in [0.4, 0.5) is 0 Å². The Morgan fingerprint density at radius 2 is 1.48 bits per heavy atom. The van der Waals surface area contributed by atoms with Crippen LogP contribution < -0.4 is 15.2 Å². The third-order valence-corrected chi connectivity index (χ3v) is 5.21. The molecular weight excluding hydrogens is 370 g/mol. The standard InChI is InChI=1S/C22H27N3O4/c1-15-4-6-16(7-5-15)20(23)22(27)25-12-10-24(11-13-25)21(26)17-8-9-18(28-2)19(14-17)29-3/h4-9,14,20H,10-13,23H2,1-3H3. The molecule has 1 atom stereocenters. The number of aryl methyl sites for hydroxylation is 1. The molecule has 2 aromatic rings. The van der Waals surface area contributed by atoms with Gasteiger partial charge in [0, 0.05) is 31.7 Å². The zero-order valence-corrected chi connectivity index (χ0v) is 17.1. The van der Waals surface area contributed by atoms with E-state index in [9.17, 15) is 9.59 Å². The molecule has 0 radical (unpaired) electrons. The largest absolute Gasteiger partial charge is 0.493 e. The first-order valence-corrected chi connectivity index (χ1v) is 9.57. The molecule has 29 heavy (non-hydrogen) atoms. The van der Waals surface area contributed by atoms with Gasteiger partial charge in [0.2, 0.25) is 5.91 Å². The van der Waals surface area contributed by atoms with Gasteiger partial charge in [-0.05, 0) is 30.7 Å². The van der Waals surface area contributed by atoms with Crippen molar-refractivity contribution in [1.29, 1.82) is 0 Å². The fourth-order valence-corrected chi connectivity index (χ4v) is 3.39. The molecule has 0 bridgehead atoms. The summed E-state index contributed by atoms with van der Waals surface area (Å²) in [5, 5.41) is 0. The van der Waals surface area contributed by atoms with E-state index in [1.165, 1.54) is 7.11 Å². The van der Waals surface area contributed by atoms with Crippen molar-refractivity contribution >= 4 is 11.8 Å². The molecule has 2 aromatic carbocycles. The van der Waals surface area contributed by atoms with Crippen LogP contribution in [0.25, 0.3) is 0 Å². The summed E-state index contributed by atoms with van der Waals surface area (Å²) in [6.07, 6.45) is 0. The molecular formula is C22H27N3O4. The minimum absolute atomic E-state index is 0.0964. The highest BCUT2D eigenvalue weighted by molar-refractivity contribution is 5.95. The first-order valence-electron chi connectivity index (χ1n) is 9.57. The van der Waals surface area contributed by atoms with E-state index in [-0.39, 0.29) is 11.8 Å². The summed E-state index contributed by atoms with van der Waals surface area (Å²) >= 11 is 0. The number of hydrogen-bond acceptors (Lipinski definition) is 5. The lowest BCUT2D eigenvalue weighted by Gasteiger charge is -2.36. The van der Waals surface area contributed by atoms with Crippen molar-refractivity contribution in [3.63, 3.8) is 0 Å². The second-order valence-corrected chi connectivity index (χ2v) is 7.08. The zero-order valence-electron chi connectivity index (χ0n) is 17.1. The van der Waals surface area contributed by atoms with Gasteiger partial charge in [0.05, 0.1) is 14.2 Å². The number of amides is 2. The number of ether oxygens (including phenoxy) is 2. The average Bonchev–Trinajstić information content (AvgIpc) is 2.77. The fourth-order valence-electron chi connectivity index (χ4n) is 3.39. The topological polar surface area (TPSA) is 85.1 Å². The monoisotopic (exact) mass is 397 g/mol. The number of benzene rings is 2. The van der Waals surface area contributed by atoms with E-state index in [0.29, 0.717) is 43.2 Å². The summed E-state index contributed by atoms with van der Waals surface area (Å²) in [6, 6.07) is 12.1. The molecule has 1 unspecified atom stereocenters. The van der Waals surface area contributed by atoms with Gasteiger partial charge in [-0.1, -0.05) is 29.8 Å². The third-order valence-electron chi connectivity index (χ3n) is 5.21. The number of hydrogen-bond donors (Lipinski definition) is 1.